The Kier molecular flexibility index (Phi) is 3.17. The van der Waals surface area contributed by atoms with Crippen molar-refractivity contribution < 1.29 is 9.90 Å². The van der Waals surface area contributed by atoms with Gasteiger partial charge in [0.2, 0.25) is 0 Å². The molecule has 0 aromatic carbocycles. The van der Waals surface area contributed by atoms with E-state index < -0.39 is 5.97 Å². The summed E-state index contributed by atoms with van der Waals surface area (Å²) >= 11 is 0. The molecule has 0 aliphatic carbocycles. The number of carboxylic acids is 1. The summed E-state index contributed by atoms with van der Waals surface area (Å²) in [4.78, 5) is 10.8. The highest BCUT2D eigenvalue weighted by atomic mass is 16.4. The maximum absolute atomic E-state index is 10.8. The zero-order valence-electron chi connectivity index (χ0n) is 9.69. The highest BCUT2D eigenvalue weighted by Gasteiger charge is 2.20. The molecule has 0 fully saturated rings. The molecule has 0 radical (unpaired) electrons. The minimum atomic E-state index is -0.767. The molecule has 15 heavy (non-hydrogen) atoms. The van der Waals surface area contributed by atoms with Crippen molar-refractivity contribution in [1.29, 1.82) is 0 Å². The highest BCUT2D eigenvalue weighted by molar-refractivity contribution is 5.69. The first-order chi connectivity index (χ1) is 6.82. The van der Waals surface area contributed by atoms with E-state index in [-0.39, 0.29) is 11.5 Å². The number of hydrogen-bond acceptors (Lipinski definition) is 2. The van der Waals surface area contributed by atoms with Crippen molar-refractivity contribution in [3.63, 3.8) is 0 Å². The molecule has 1 aromatic rings. The lowest BCUT2D eigenvalue weighted by Crippen LogP contribution is -2.26. The number of aliphatic carboxylic acids is 1. The van der Waals surface area contributed by atoms with Crippen LogP contribution in [-0.2, 0) is 16.8 Å². The van der Waals surface area contributed by atoms with E-state index in [4.69, 9.17) is 5.11 Å². The molecule has 4 heteroatoms. The second kappa shape index (κ2) is 4.04. The van der Waals surface area contributed by atoms with Gasteiger partial charge in [0.05, 0.1) is 11.5 Å². The lowest BCUT2D eigenvalue weighted by molar-refractivity contribution is -0.141. The van der Waals surface area contributed by atoms with Crippen LogP contribution in [0.25, 0.3) is 0 Å². The first-order valence-corrected chi connectivity index (χ1v) is 5.08. The molecular weight excluding hydrogens is 192 g/mol. The lowest BCUT2D eigenvalue weighted by atomic mass is 10.0. The van der Waals surface area contributed by atoms with Gasteiger partial charge in [0.1, 0.15) is 0 Å². The topological polar surface area (TPSA) is 55.1 Å². The van der Waals surface area contributed by atoms with Gasteiger partial charge < -0.3 is 5.11 Å². The third-order valence-corrected chi connectivity index (χ3v) is 2.29. The normalized spacial score (nSPS) is 13.9. The van der Waals surface area contributed by atoms with E-state index in [2.05, 4.69) is 25.9 Å². The number of rotatable bonds is 3. The van der Waals surface area contributed by atoms with Crippen molar-refractivity contribution in [2.45, 2.75) is 39.7 Å². The molecule has 1 atom stereocenters. The molecule has 4 nitrogen and oxygen atoms in total. The predicted octanol–water partition coefficient (Wildman–Crippen LogP) is 1.90. The van der Waals surface area contributed by atoms with Crippen LogP contribution >= 0.6 is 0 Å². The number of carboxylic acid groups (broad SMARTS) is 1. The zero-order valence-corrected chi connectivity index (χ0v) is 9.69. The molecule has 1 aromatic heterocycles. The van der Waals surface area contributed by atoms with Crippen molar-refractivity contribution in [3.8, 4) is 0 Å². The molecule has 0 saturated carbocycles. The summed E-state index contributed by atoms with van der Waals surface area (Å²) in [5, 5.41) is 13.1. The minimum absolute atomic E-state index is 0.100. The van der Waals surface area contributed by atoms with Gasteiger partial charge in [0.25, 0.3) is 0 Å². The third-order valence-electron chi connectivity index (χ3n) is 2.29. The largest absolute Gasteiger partial charge is 0.481 e. The Hall–Kier alpha value is -1.32. The third kappa shape index (κ3) is 2.81. The summed E-state index contributed by atoms with van der Waals surface area (Å²) in [6, 6.07) is 1.88. The van der Waals surface area contributed by atoms with Crippen LogP contribution in [0.5, 0.6) is 0 Å². The summed E-state index contributed by atoms with van der Waals surface area (Å²) in [6.07, 6.45) is 2.24. The van der Waals surface area contributed by atoms with Gasteiger partial charge >= 0.3 is 5.97 Å². The SMILES string of the molecule is CC(Cc1ccnn1C(C)(C)C)C(=O)O. The minimum Gasteiger partial charge on any atom is -0.481 e. The van der Waals surface area contributed by atoms with E-state index >= 15 is 0 Å². The smallest absolute Gasteiger partial charge is 0.306 e. The van der Waals surface area contributed by atoms with Gasteiger partial charge in [0, 0.05) is 18.3 Å². The van der Waals surface area contributed by atoms with Gasteiger partial charge in [-0.1, -0.05) is 6.92 Å². The van der Waals surface area contributed by atoms with Crippen LogP contribution in [0.4, 0.5) is 0 Å². The van der Waals surface area contributed by atoms with Gasteiger partial charge in [0.15, 0.2) is 0 Å². The molecule has 0 bridgehead atoms. The predicted molar refractivity (Wildman–Crippen MR) is 57.7 cm³/mol. The van der Waals surface area contributed by atoms with Crippen LogP contribution in [0.3, 0.4) is 0 Å². The van der Waals surface area contributed by atoms with Gasteiger partial charge in [-0.25, -0.2) is 0 Å². The van der Waals surface area contributed by atoms with Crippen LogP contribution in [-0.4, -0.2) is 20.9 Å². The fourth-order valence-electron chi connectivity index (χ4n) is 1.49. The molecule has 1 heterocycles. The summed E-state index contributed by atoms with van der Waals surface area (Å²) in [5.74, 6) is -1.14. The maximum atomic E-state index is 10.8. The molecule has 1 unspecified atom stereocenters. The second-order valence-electron chi connectivity index (χ2n) is 4.85. The van der Waals surface area contributed by atoms with Crippen molar-refractivity contribution in [3.05, 3.63) is 18.0 Å². The summed E-state index contributed by atoms with van der Waals surface area (Å²) in [6.45, 7) is 7.86. The van der Waals surface area contributed by atoms with E-state index in [0.717, 1.165) is 5.69 Å². The summed E-state index contributed by atoms with van der Waals surface area (Å²) < 4.78 is 1.88. The molecular formula is C11H18N2O2. The number of nitrogens with zero attached hydrogens (tertiary/aromatic N) is 2. The van der Waals surface area contributed by atoms with Crippen LogP contribution in [0, 0.1) is 5.92 Å². The average molecular weight is 210 g/mol. The van der Waals surface area contributed by atoms with E-state index in [1.54, 1.807) is 13.1 Å². The van der Waals surface area contributed by atoms with E-state index in [9.17, 15) is 4.79 Å². The van der Waals surface area contributed by atoms with Crippen molar-refractivity contribution in [2.75, 3.05) is 0 Å². The molecule has 1 N–H and O–H groups in total. The van der Waals surface area contributed by atoms with Gasteiger partial charge in [-0.2, -0.15) is 5.10 Å². The second-order valence-corrected chi connectivity index (χ2v) is 4.85. The Bertz CT molecular complexity index is 350. The monoisotopic (exact) mass is 210 g/mol. The Morgan fingerprint density at radius 2 is 2.20 bits per heavy atom. The van der Waals surface area contributed by atoms with E-state index in [1.807, 2.05) is 10.7 Å². The van der Waals surface area contributed by atoms with Gasteiger partial charge in [-0.05, 0) is 26.8 Å². The molecule has 84 valence electrons. The average Bonchev–Trinajstić information content (AvgIpc) is 2.50. The Morgan fingerprint density at radius 1 is 1.60 bits per heavy atom. The van der Waals surface area contributed by atoms with Gasteiger partial charge in [-0.15, -0.1) is 0 Å². The molecule has 1 rings (SSSR count). The van der Waals surface area contributed by atoms with E-state index in [1.165, 1.54) is 0 Å². The standard InChI is InChI=1S/C11H18N2O2/c1-8(10(14)15)7-9-5-6-12-13(9)11(2,3)4/h5-6,8H,7H2,1-4H3,(H,14,15). The molecule has 0 aliphatic heterocycles. The first-order valence-electron chi connectivity index (χ1n) is 5.08. The van der Waals surface area contributed by atoms with Crippen molar-refractivity contribution in [1.82, 2.24) is 9.78 Å². The summed E-state index contributed by atoms with van der Waals surface area (Å²) in [7, 11) is 0. The molecule has 0 amide bonds. The Labute approximate surface area is 89.9 Å². The quantitative estimate of drug-likeness (QED) is 0.829. The van der Waals surface area contributed by atoms with E-state index in [0.29, 0.717) is 6.42 Å². The lowest BCUT2D eigenvalue weighted by Gasteiger charge is -2.23. The Balaban J connectivity index is 2.87. The maximum Gasteiger partial charge on any atom is 0.306 e. The van der Waals surface area contributed by atoms with Gasteiger partial charge in [-0.3, -0.25) is 9.48 Å². The summed E-state index contributed by atoms with van der Waals surface area (Å²) in [5.41, 5.74) is 0.870. The fraction of sp³-hybridized carbons (Fsp3) is 0.636. The van der Waals surface area contributed by atoms with Crippen molar-refractivity contribution >= 4 is 5.97 Å². The van der Waals surface area contributed by atoms with Crippen LogP contribution in [0.1, 0.15) is 33.4 Å². The highest BCUT2D eigenvalue weighted by Crippen LogP contribution is 2.18. The number of hydrogen-bond donors (Lipinski definition) is 1. The van der Waals surface area contributed by atoms with Crippen LogP contribution in [0.15, 0.2) is 12.3 Å². The fourth-order valence-corrected chi connectivity index (χ4v) is 1.49. The number of aromatic nitrogens is 2. The molecule has 0 saturated heterocycles. The zero-order chi connectivity index (χ0) is 11.6. The van der Waals surface area contributed by atoms with Crippen LogP contribution in [0.2, 0.25) is 0 Å². The molecule has 0 spiro atoms. The van der Waals surface area contributed by atoms with Crippen molar-refractivity contribution in [2.24, 2.45) is 5.92 Å². The Morgan fingerprint density at radius 3 is 2.67 bits per heavy atom. The van der Waals surface area contributed by atoms with Crippen LogP contribution < -0.4 is 0 Å². The number of carbonyl (C=O) groups is 1. The molecule has 0 aliphatic rings. The first kappa shape index (κ1) is 11.8.